The number of carbonyl (C=O) groups excluding carboxylic acids is 4. The van der Waals surface area contributed by atoms with Gasteiger partial charge in [-0.3, -0.25) is 24.2 Å². The van der Waals surface area contributed by atoms with E-state index >= 15 is 0 Å². The third-order valence-corrected chi connectivity index (χ3v) is 6.71. The maximum absolute atomic E-state index is 13.7. The summed E-state index contributed by atoms with van der Waals surface area (Å²) in [4.78, 5) is 57.4. The summed E-state index contributed by atoms with van der Waals surface area (Å²) >= 11 is 0. The van der Waals surface area contributed by atoms with Crippen LogP contribution in [0.25, 0.3) is 10.8 Å². The van der Waals surface area contributed by atoms with Gasteiger partial charge in [-0.25, -0.2) is 0 Å². The van der Waals surface area contributed by atoms with Gasteiger partial charge in [0.25, 0.3) is 5.91 Å². The van der Waals surface area contributed by atoms with E-state index in [-0.39, 0.29) is 29.9 Å². The zero-order valence-electron chi connectivity index (χ0n) is 20.5. The third kappa shape index (κ3) is 5.13. The van der Waals surface area contributed by atoms with Crippen molar-refractivity contribution in [2.45, 2.75) is 71.2 Å². The van der Waals surface area contributed by atoms with E-state index in [0.29, 0.717) is 24.8 Å². The number of benzene rings is 1. The van der Waals surface area contributed by atoms with Crippen LogP contribution in [0.1, 0.15) is 57.4 Å². The van der Waals surface area contributed by atoms with Crippen molar-refractivity contribution in [3.8, 4) is 0 Å². The summed E-state index contributed by atoms with van der Waals surface area (Å²) in [7, 11) is 0. The zero-order valence-corrected chi connectivity index (χ0v) is 20.5. The highest BCUT2D eigenvalue weighted by Gasteiger charge is 2.43. The molecule has 1 aromatic carbocycles. The van der Waals surface area contributed by atoms with Gasteiger partial charge < -0.3 is 20.3 Å². The maximum Gasteiger partial charge on any atom is 0.308 e. The lowest BCUT2D eigenvalue weighted by Crippen LogP contribution is -2.58. The smallest absolute Gasteiger partial charge is 0.308 e. The van der Waals surface area contributed by atoms with E-state index in [2.05, 4.69) is 15.6 Å². The standard InChI is InChI=1S/C26H32N4O5/c1-15-18(14-20(31)35-15)28-23(32)19-10-7-13-30(19)25(34)22(26(2,3)4)29-24(33)21-17-9-6-5-8-16(17)11-12-27-21/h5-6,8-9,11-12,15,18-19,22H,7,10,13-14H2,1-4H3,(H,28,32)(H,29,33)/t15?,18-,19-,22?/m0/s1. The van der Waals surface area contributed by atoms with Crippen molar-refractivity contribution in [2.75, 3.05) is 6.54 Å². The Hall–Kier alpha value is -3.49. The number of ether oxygens (including phenoxy) is 1. The first kappa shape index (κ1) is 24.6. The van der Waals surface area contributed by atoms with Crippen LogP contribution in [0.5, 0.6) is 0 Å². The van der Waals surface area contributed by atoms with Crippen molar-refractivity contribution < 1.29 is 23.9 Å². The molecule has 9 nitrogen and oxygen atoms in total. The van der Waals surface area contributed by atoms with Crippen LogP contribution in [-0.2, 0) is 19.1 Å². The molecule has 9 heteroatoms. The Bertz CT molecular complexity index is 1150. The predicted molar refractivity (Wildman–Crippen MR) is 129 cm³/mol. The first-order chi connectivity index (χ1) is 16.6. The number of hydrogen-bond donors (Lipinski definition) is 2. The van der Waals surface area contributed by atoms with Gasteiger partial charge in [0, 0.05) is 18.1 Å². The van der Waals surface area contributed by atoms with Gasteiger partial charge in [0.2, 0.25) is 11.8 Å². The quantitative estimate of drug-likeness (QED) is 0.634. The summed E-state index contributed by atoms with van der Waals surface area (Å²) < 4.78 is 5.12. The van der Waals surface area contributed by atoms with E-state index in [0.717, 1.165) is 5.39 Å². The van der Waals surface area contributed by atoms with Crippen molar-refractivity contribution in [1.29, 1.82) is 0 Å². The molecule has 2 aliphatic heterocycles. The van der Waals surface area contributed by atoms with E-state index in [1.165, 1.54) is 0 Å². The van der Waals surface area contributed by atoms with E-state index in [1.54, 1.807) is 18.0 Å². The monoisotopic (exact) mass is 480 g/mol. The van der Waals surface area contributed by atoms with Crippen LogP contribution >= 0.6 is 0 Å². The van der Waals surface area contributed by atoms with Crippen molar-refractivity contribution in [3.05, 3.63) is 42.2 Å². The molecular weight excluding hydrogens is 448 g/mol. The zero-order chi connectivity index (χ0) is 25.3. The number of nitrogens with zero attached hydrogens (tertiary/aromatic N) is 2. The molecule has 2 unspecified atom stereocenters. The lowest BCUT2D eigenvalue weighted by atomic mass is 9.85. The van der Waals surface area contributed by atoms with Crippen LogP contribution in [0.15, 0.2) is 36.5 Å². The Labute approximate surface area is 204 Å². The third-order valence-electron chi connectivity index (χ3n) is 6.71. The van der Waals surface area contributed by atoms with Crippen molar-refractivity contribution in [3.63, 3.8) is 0 Å². The van der Waals surface area contributed by atoms with Crippen LogP contribution in [0, 0.1) is 5.41 Å². The second-order valence-electron chi connectivity index (χ2n) is 10.4. The number of hydrogen-bond acceptors (Lipinski definition) is 6. The van der Waals surface area contributed by atoms with Gasteiger partial charge in [0.1, 0.15) is 23.9 Å². The lowest BCUT2D eigenvalue weighted by molar-refractivity contribution is -0.142. The Morgan fingerprint density at radius 3 is 2.60 bits per heavy atom. The number of fused-ring (bicyclic) bond motifs is 1. The van der Waals surface area contributed by atoms with Crippen LogP contribution in [0.3, 0.4) is 0 Å². The summed E-state index contributed by atoms with van der Waals surface area (Å²) in [6, 6.07) is 7.34. The highest BCUT2D eigenvalue weighted by molar-refractivity contribution is 6.06. The Morgan fingerprint density at radius 2 is 1.91 bits per heavy atom. The average molecular weight is 481 g/mol. The van der Waals surface area contributed by atoms with Gasteiger partial charge in [0.15, 0.2) is 0 Å². The molecule has 0 aliphatic carbocycles. The molecule has 2 N–H and O–H groups in total. The average Bonchev–Trinajstić information content (AvgIpc) is 3.42. The number of aromatic nitrogens is 1. The minimum atomic E-state index is -0.862. The van der Waals surface area contributed by atoms with Gasteiger partial charge in [0.05, 0.1) is 12.5 Å². The second-order valence-corrected chi connectivity index (χ2v) is 10.4. The van der Waals surface area contributed by atoms with Crippen molar-refractivity contribution in [1.82, 2.24) is 20.5 Å². The van der Waals surface area contributed by atoms with Gasteiger partial charge in [-0.2, -0.15) is 0 Å². The van der Waals surface area contributed by atoms with E-state index < -0.39 is 35.6 Å². The minimum Gasteiger partial charge on any atom is -0.460 e. The predicted octanol–water partition coefficient (Wildman–Crippen LogP) is 2.19. The molecule has 2 aliphatic rings. The number of esters is 1. The van der Waals surface area contributed by atoms with Gasteiger partial charge in [-0.15, -0.1) is 0 Å². The number of likely N-dealkylation sites (tertiary alicyclic amines) is 1. The highest BCUT2D eigenvalue weighted by Crippen LogP contribution is 2.27. The largest absolute Gasteiger partial charge is 0.460 e. The second kappa shape index (κ2) is 9.64. The molecule has 0 spiro atoms. The maximum atomic E-state index is 13.7. The fraction of sp³-hybridized carbons (Fsp3) is 0.500. The fourth-order valence-corrected chi connectivity index (χ4v) is 4.75. The number of rotatable bonds is 5. The van der Waals surface area contributed by atoms with Crippen LogP contribution in [-0.4, -0.2) is 64.3 Å². The first-order valence-electron chi connectivity index (χ1n) is 12.0. The normalized spacial score (nSPS) is 23.1. The van der Waals surface area contributed by atoms with E-state index in [1.807, 2.05) is 51.1 Å². The van der Waals surface area contributed by atoms with Crippen LogP contribution in [0.4, 0.5) is 0 Å². The van der Waals surface area contributed by atoms with Crippen LogP contribution in [0.2, 0.25) is 0 Å². The van der Waals surface area contributed by atoms with Crippen molar-refractivity contribution >= 4 is 34.5 Å². The van der Waals surface area contributed by atoms with Gasteiger partial charge in [-0.05, 0) is 36.6 Å². The fourth-order valence-electron chi connectivity index (χ4n) is 4.75. The van der Waals surface area contributed by atoms with Crippen molar-refractivity contribution in [2.24, 2.45) is 5.41 Å². The molecule has 186 valence electrons. The summed E-state index contributed by atoms with van der Waals surface area (Å²) in [6.07, 6.45) is 2.47. The molecule has 3 heterocycles. The van der Waals surface area contributed by atoms with Gasteiger partial charge in [-0.1, -0.05) is 45.0 Å². The molecule has 2 saturated heterocycles. The molecule has 35 heavy (non-hydrogen) atoms. The molecule has 4 atom stereocenters. The molecule has 2 fully saturated rings. The Morgan fingerprint density at radius 1 is 1.17 bits per heavy atom. The molecule has 1 aromatic heterocycles. The topological polar surface area (TPSA) is 118 Å². The van der Waals surface area contributed by atoms with E-state index in [4.69, 9.17) is 4.74 Å². The molecule has 0 radical (unpaired) electrons. The van der Waals surface area contributed by atoms with Gasteiger partial charge >= 0.3 is 5.97 Å². The highest BCUT2D eigenvalue weighted by atomic mass is 16.6. The summed E-state index contributed by atoms with van der Waals surface area (Å²) in [5.41, 5.74) is -0.359. The number of amides is 3. The molecular formula is C26H32N4O5. The molecule has 0 bridgehead atoms. The Kier molecular flexibility index (Phi) is 6.78. The van der Waals surface area contributed by atoms with Crippen LogP contribution < -0.4 is 10.6 Å². The van der Waals surface area contributed by atoms with E-state index in [9.17, 15) is 19.2 Å². The first-order valence-corrected chi connectivity index (χ1v) is 12.0. The SMILES string of the molecule is CC1OC(=O)C[C@@H]1NC(=O)[C@@H]1CCCN1C(=O)C(NC(=O)c1nccc2ccccc12)C(C)(C)C. The summed E-state index contributed by atoms with van der Waals surface area (Å²) in [5, 5.41) is 7.36. The number of cyclic esters (lactones) is 1. The molecule has 4 rings (SSSR count). The molecule has 0 saturated carbocycles. The summed E-state index contributed by atoms with van der Waals surface area (Å²) in [6.45, 7) is 7.78. The summed E-state index contributed by atoms with van der Waals surface area (Å²) in [5.74, 6) is -1.40. The number of pyridine rings is 1. The Balaban J connectivity index is 1.53. The number of carbonyl (C=O) groups is 4. The number of nitrogens with one attached hydrogen (secondary N) is 2. The lowest BCUT2D eigenvalue weighted by Gasteiger charge is -2.35. The molecule has 2 aromatic rings. The minimum absolute atomic E-state index is 0.117. The molecule has 3 amide bonds.